The van der Waals surface area contributed by atoms with E-state index in [0.717, 1.165) is 35.8 Å². The maximum Gasteiger partial charge on any atom is 0.0897 e. The Morgan fingerprint density at radius 1 is 1.39 bits per heavy atom. The van der Waals surface area contributed by atoms with Crippen LogP contribution in [-0.4, -0.2) is 32.6 Å². The Bertz CT molecular complexity index is 448. The van der Waals surface area contributed by atoms with Crippen LogP contribution in [0.25, 0.3) is 0 Å². The van der Waals surface area contributed by atoms with E-state index in [-0.39, 0.29) is 0 Å². The molecule has 2 aromatic heterocycles. The molecule has 1 N–H and O–H groups in total. The lowest BCUT2D eigenvalue weighted by Crippen LogP contribution is -2.33. The first-order chi connectivity index (χ1) is 8.67. The van der Waals surface area contributed by atoms with E-state index in [1.807, 2.05) is 20.2 Å². The molecule has 2 rings (SSSR count). The van der Waals surface area contributed by atoms with E-state index in [1.165, 1.54) is 0 Å². The zero-order valence-electron chi connectivity index (χ0n) is 11.1. The Morgan fingerprint density at radius 2 is 2.17 bits per heavy atom. The minimum absolute atomic E-state index is 0.369. The number of rotatable bonds is 6. The van der Waals surface area contributed by atoms with Gasteiger partial charge >= 0.3 is 0 Å². The summed E-state index contributed by atoms with van der Waals surface area (Å²) in [5.41, 5.74) is 2.18. The number of nitrogens with one attached hydrogen (secondary N) is 1. The third kappa shape index (κ3) is 3.61. The minimum atomic E-state index is 0.369. The highest BCUT2D eigenvalue weighted by Gasteiger charge is 2.13. The molecule has 1 atom stereocenters. The van der Waals surface area contributed by atoms with Gasteiger partial charge < -0.3 is 5.32 Å². The Hall–Kier alpha value is -1.27. The zero-order valence-corrected chi connectivity index (χ0v) is 11.9. The van der Waals surface area contributed by atoms with Gasteiger partial charge in [-0.1, -0.05) is 12.1 Å². The fourth-order valence-corrected chi connectivity index (χ4v) is 2.63. The first-order valence-corrected chi connectivity index (χ1v) is 7.05. The van der Waals surface area contributed by atoms with Gasteiger partial charge in [-0.05, 0) is 13.5 Å². The highest BCUT2D eigenvalue weighted by atomic mass is 32.1. The molecule has 0 aromatic carbocycles. The summed E-state index contributed by atoms with van der Waals surface area (Å²) in [5.74, 6) is 0. The quantitative estimate of drug-likeness (QED) is 0.856. The number of nitrogens with zero attached hydrogens (tertiary/aromatic N) is 4. The zero-order chi connectivity index (χ0) is 13.0. The Kier molecular flexibility index (Phi) is 4.43. The van der Waals surface area contributed by atoms with Crippen molar-refractivity contribution in [1.82, 2.24) is 25.3 Å². The maximum absolute atomic E-state index is 4.52. The van der Waals surface area contributed by atoms with Crippen molar-refractivity contribution >= 4 is 11.3 Å². The van der Waals surface area contributed by atoms with E-state index < -0.39 is 0 Å². The summed E-state index contributed by atoms with van der Waals surface area (Å²) in [7, 11) is 1.89. The van der Waals surface area contributed by atoms with Crippen LogP contribution in [0.3, 0.4) is 0 Å². The molecule has 0 fully saturated rings. The van der Waals surface area contributed by atoms with E-state index in [9.17, 15) is 0 Å². The monoisotopic (exact) mass is 265 g/mol. The van der Waals surface area contributed by atoms with Gasteiger partial charge in [0.05, 0.1) is 16.4 Å². The number of thiazole rings is 1. The van der Waals surface area contributed by atoms with Crippen molar-refractivity contribution in [2.45, 2.75) is 32.7 Å². The van der Waals surface area contributed by atoms with Crippen LogP contribution in [-0.2, 0) is 19.9 Å². The highest BCUT2D eigenvalue weighted by Crippen LogP contribution is 2.11. The summed E-state index contributed by atoms with van der Waals surface area (Å²) in [6.45, 7) is 5.11. The lowest BCUT2D eigenvalue weighted by Gasteiger charge is -2.15. The van der Waals surface area contributed by atoms with Gasteiger partial charge in [0.1, 0.15) is 0 Å². The van der Waals surface area contributed by atoms with Gasteiger partial charge in [-0.3, -0.25) is 4.68 Å². The summed E-state index contributed by atoms with van der Waals surface area (Å²) < 4.78 is 1.74. The largest absolute Gasteiger partial charge is 0.313 e. The predicted molar refractivity (Wildman–Crippen MR) is 72.7 cm³/mol. The van der Waals surface area contributed by atoms with Crippen molar-refractivity contribution in [3.63, 3.8) is 0 Å². The fraction of sp³-hybridized carbons (Fsp3) is 0.583. The van der Waals surface area contributed by atoms with Crippen LogP contribution in [0.15, 0.2) is 11.6 Å². The first-order valence-electron chi connectivity index (χ1n) is 6.17. The molecule has 0 aliphatic heterocycles. The molecule has 98 valence electrons. The Balaban J connectivity index is 1.99. The van der Waals surface area contributed by atoms with Crippen LogP contribution >= 0.6 is 11.3 Å². The lowest BCUT2D eigenvalue weighted by atomic mass is 10.1. The van der Waals surface area contributed by atoms with E-state index in [0.29, 0.717) is 6.04 Å². The van der Waals surface area contributed by atoms with Crippen LogP contribution in [0.4, 0.5) is 0 Å². The van der Waals surface area contributed by atoms with Crippen molar-refractivity contribution < 1.29 is 0 Å². The van der Waals surface area contributed by atoms with Crippen molar-refractivity contribution in [2.24, 2.45) is 7.05 Å². The second kappa shape index (κ2) is 6.06. The normalized spacial score (nSPS) is 12.8. The second-order valence-corrected chi connectivity index (χ2v) is 5.47. The molecule has 0 spiro atoms. The van der Waals surface area contributed by atoms with E-state index >= 15 is 0 Å². The van der Waals surface area contributed by atoms with Crippen LogP contribution in [0.2, 0.25) is 0 Å². The van der Waals surface area contributed by atoms with Gasteiger partial charge in [-0.15, -0.1) is 16.4 Å². The minimum Gasteiger partial charge on any atom is -0.313 e. The van der Waals surface area contributed by atoms with Crippen molar-refractivity contribution in [2.75, 3.05) is 6.54 Å². The fourth-order valence-electron chi connectivity index (χ4n) is 2.00. The molecule has 0 radical (unpaired) electrons. The van der Waals surface area contributed by atoms with Crippen LogP contribution in [0, 0.1) is 6.92 Å². The van der Waals surface area contributed by atoms with Gasteiger partial charge in [-0.25, -0.2) is 4.98 Å². The number of aryl methyl sites for hydroxylation is 2. The standard InChI is InChI=1S/C12H19N5S/c1-4-13-10(5-11-7-17(3)16-15-11)6-12-8-18-9(2)14-12/h7-8,10,13H,4-6H2,1-3H3. The molecule has 0 aliphatic rings. The van der Waals surface area contributed by atoms with Crippen LogP contribution in [0.5, 0.6) is 0 Å². The molecule has 18 heavy (non-hydrogen) atoms. The Labute approximate surface area is 111 Å². The molecule has 6 heteroatoms. The van der Waals surface area contributed by atoms with Gasteiger partial charge in [0.25, 0.3) is 0 Å². The van der Waals surface area contributed by atoms with Crippen LogP contribution < -0.4 is 5.32 Å². The third-order valence-electron chi connectivity index (χ3n) is 2.72. The average molecular weight is 265 g/mol. The molecule has 0 saturated carbocycles. The molecule has 2 heterocycles. The molecule has 0 saturated heterocycles. The van der Waals surface area contributed by atoms with E-state index in [4.69, 9.17) is 0 Å². The predicted octanol–water partition coefficient (Wildman–Crippen LogP) is 1.34. The third-order valence-corrected chi connectivity index (χ3v) is 3.54. The molecular formula is C12H19N5S. The maximum atomic E-state index is 4.52. The van der Waals surface area contributed by atoms with E-state index in [1.54, 1.807) is 16.0 Å². The summed E-state index contributed by atoms with van der Waals surface area (Å²) in [4.78, 5) is 4.52. The van der Waals surface area contributed by atoms with Crippen molar-refractivity contribution in [3.8, 4) is 0 Å². The number of hydrogen-bond donors (Lipinski definition) is 1. The summed E-state index contributed by atoms with van der Waals surface area (Å²) in [6, 6.07) is 0.369. The molecule has 2 aromatic rings. The molecule has 0 bridgehead atoms. The van der Waals surface area contributed by atoms with Gasteiger partial charge in [0.2, 0.25) is 0 Å². The van der Waals surface area contributed by atoms with Gasteiger partial charge in [-0.2, -0.15) is 0 Å². The molecule has 5 nitrogen and oxygen atoms in total. The Morgan fingerprint density at radius 3 is 2.72 bits per heavy atom. The summed E-state index contributed by atoms with van der Waals surface area (Å²) in [6.07, 6.45) is 3.80. The average Bonchev–Trinajstić information content (AvgIpc) is 2.89. The second-order valence-electron chi connectivity index (χ2n) is 4.40. The van der Waals surface area contributed by atoms with Crippen molar-refractivity contribution in [1.29, 1.82) is 0 Å². The van der Waals surface area contributed by atoms with E-state index in [2.05, 4.69) is 32.9 Å². The first kappa shape index (κ1) is 13.2. The molecule has 0 aliphatic carbocycles. The molecule has 1 unspecified atom stereocenters. The number of hydrogen-bond acceptors (Lipinski definition) is 5. The molecule has 0 amide bonds. The number of aromatic nitrogens is 4. The smallest absolute Gasteiger partial charge is 0.0897 e. The van der Waals surface area contributed by atoms with Crippen molar-refractivity contribution in [3.05, 3.63) is 28.0 Å². The topological polar surface area (TPSA) is 55.6 Å². The lowest BCUT2D eigenvalue weighted by molar-refractivity contribution is 0.512. The van der Waals surface area contributed by atoms with Gasteiger partial charge in [0, 0.05) is 37.5 Å². The molecular weight excluding hydrogens is 246 g/mol. The summed E-state index contributed by atoms with van der Waals surface area (Å²) in [5, 5.41) is 14.9. The number of likely N-dealkylation sites (N-methyl/N-ethyl adjacent to an activating group) is 1. The van der Waals surface area contributed by atoms with Crippen LogP contribution in [0.1, 0.15) is 23.3 Å². The van der Waals surface area contributed by atoms with Gasteiger partial charge in [0.15, 0.2) is 0 Å². The highest BCUT2D eigenvalue weighted by molar-refractivity contribution is 7.09. The summed E-state index contributed by atoms with van der Waals surface area (Å²) >= 11 is 1.70. The SMILES string of the molecule is CCNC(Cc1cn(C)nn1)Cc1csc(C)n1.